The monoisotopic (exact) mass is 266 g/mol. The number of rotatable bonds is 3. The smallest absolute Gasteiger partial charge is 0.410 e. The fraction of sp³-hybridized carbons (Fsp3) is 0.692. The van der Waals surface area contributed by atoms with Crippen LogP contribution in [-0.2, 0) is 18.3 Å². The maximum Gasteiger partial charge on any atom is 0.410 e. The van der Waals surface area contributed by atoms with Gasteiger partial charge < -0.3 is 19.5 Å². The molecule has 0 bridgehead atoms. The molecule has 1 aromatic rings. The summed E-state index contributed by atoms with van der Waals surface area (Å²) in [5, 5.41) is 3.38. The summed E-state index contributed by atoms with van der Waals surface area (Å²) in [5.41, 5.74) is -0.428. The molecule has 1 N–H and O–H groups in total. The van der Waals surface area contributed by atoms with E-state index in [1.54, 1.807) is 11.1 Å². The Morgan fingerprint density at radius 2 is 2.21 bits per heavy atom. The number of ether oxygens (including phenoxy) is 1. The Bertz CT molecular complexity index is 444. The van der Waals surface area contributed by atoms with E-state index in [1.165, 1.54) is 0 Å². The molecular formula is C13H22N4O2. The second-order valence-corrected chi connectivity index (χ2v) is 5.92. The number of nitrogens with one attached hydrogen (secondary N) is 1. The van der Waals surface area contributed by atoms with Crippen molar-refractivity contribution in [1.82, 2.24) is 19.8 Å². The van der Waals surface area contributed by atoms with Gasteiger partial charge in [-0.3, -0.25) is 0 Å². The van der Waals surface area contributed by atoms with Gasteiger partial charge in [-0.25, -0.2) is 9.78 Å². The average Bonchev–Trinajstić information content (AvgIpc) is 2.59. The van der Waals surface area contributed by atoms with Crippen molar-refractivity contribution in [3.05, 3.63) is 18.2 Å². The molecule has 0 unspecified atom stereocenters. The van der Waals surface area contributed by atoms with Crippen molar-refractivity contribution in [2.24, 2.45) is 7.05 Å². The zero-order valence-electron chi connectivity index (χ0n) is 12.0. The van der Waals surface area contributed by atoms with Crippen LogP contribution in [0, 0.1) is 0 Å². The second kappa shape index (κ2) is 5.21. The fourth-order valence-corrected chi connectivity index (χ4v) is 1.89. The summed E-state index contributed by atoms with van der Waals surface area (Å²) >= 11 is 0. The van der Waals surface area contributed by atoms with Crippen LogP contribution < -0.4 is 5.32 Å². The highest BCUT2D eigenvalue weighted by Gasteiger charge is 2.33. The van der Waals surface area contributed by atoms with Crippen molar-refractivity contribution >= 4 is 6.09 Å². The normalized spacial score (nSPS) is 16.3. The van der Waals surface area contributed by atoms with E-state index in [0.717, 1.165) is 12.4 Å². The maximum atomic E-state index is 11.7. The number of hydrogen-bond acceptors (Lipinski definition) is 4. The molecule has 0 aromatic carbocycles. The lowest BCUT2D eigenvalue weighted by atomic mass is 10.1. The number of aromatic nitrogens is 2. The predicted molar refractivity (Wildman–Crippen MR) is 71.6 cm³/mol. The van der Waals surface area contributed by atoms with Crippen molar-refractivity contribution in [1.29, 1.82) is 0 Å². The highest BCUT2D eigenvalue weighted by molar-refractivity contribution is 5.69. The summed E-state index contributed by atoms with van der Waals surface area (Å²) in [6.07, 6.45) is 3.47. The molecule has 0 atom stereocenters. The SMILES string of the molecule is Cn1ccnc1CNC1CN(C(=O)OC(C)(C)C)C1. The first-order chi connectivity index (χ1) is 8.85. The van der Waals surface area contributed by atoms with Crippen molar-refractivity contribution in [3.8, 4) is 0 Å². The van der Waals surface area contributed by atoms with E-state index < -0.39 is 5.60 Å². The Labute approximate surface area is 113 Å². The molecule has 106 valence electrons. The summed E-state index contributed by atoms with van der Waals surface area (Å²) in [7, 11) is 1.97. The molecular weight excluding hydrogens is 244 g/mol. The van der Waals surface area contributed by atoms with Crippen LogP contribution in [0.4, 0.5) is 4.79 Å². The minimum Gasteiger partial charge on any atom is -0.444 e. The number of hydrogen-bond donors (Lipinski definition) is 1. The van der Waals surface area contributed by atoms with Gasteiger partial charge in [0.1, 0.15) is 11.4 Å². The first kappa shape index (κ1) is 13.9. The van der Waals surface area contributed by atoms with Crippen LogP contribution in [0.15, 0.2) is 12.4 Å². The van der Waals surface area contributed by atoms with Gasteiger partial charge in [0.2, 0.25) is 0 Å². The van der Waals surface area contributed by atoms with E-state index in [1.807, 2.05) is 38.6 Å². The van der Waals surface area contributed by atoms with E-state index >= 15 is 0 Å². The van der Waals surface area contributed by atoms with Crippen molar-refractivity contribution in [3.63, 3.8) is 0 Å². The molecule has 1 aromatic heterocycles. The highest BCUT2D eigenvalue weighted by Crippen LogP contribution is 2.15. The van der Waals surface area contributed by atoms with E-state index in [2.05, 4.69) is 10.3 Å². The summed E-state index contributed by atoms with van der Waals surface area (Å²) in [5.74, 6) is 0.996. The molecule has 1 fully saturated rings. The van der Waals surface area contributed by atoms with Gasteiger partial charge in [-0.15, -0.1) is 0 Å². The van der Waals surface area contributed by atoms with Gasteiger partial charge in [0.25, 0.3) is 0 Å². The average molecular weight is 266 g/mol. The van der Waals surface area contributed by atoms with Gasteiger partial charge in [-0.05, 0) is 20.8 Å². The van der Waals surface area contributed by atoms with Crippen LogP contribution in [0.1, 0.15) is 26.6 Å². The third-order valence-corrected chi connectivity index (χ3v) is 3.00. The third-order valence-electron chi connectivity index (χ3n) is 3.00. The summed E-state index contributed by atoms with van der Waals surface area (Å²) < 4.78 is 7.29. The first-order valence-corrected chi connectivity index (χ1v) is 6.52. The van der Waals surface area contributed by atoms with Gasteiger partial charge in [-0.1, -0.05) is 0 Å². The van der Waals surface area contributed by atoms with E-state index in [0.29, 0.717) is 19.1 Å². The summed E-state index contributed by atoms with van der Waals surface area (Å²) in [6, 6.07) is 0.323. The first-order valence-electron chi connectivity index (χ1n) is 6.52. The molecule has 0 aliphatic carbocycles. The van der Waals surface area contributed by atoms with Crippen LogP contribution in [-0.4, -0.2) is 45.3 Å². The standard InChI is InChI=1S/C13H22N4O2/c1-13(2,3)19-12(18)17-8-10(9-17)15-7-11-14-5-6-16(11)4/h5-6,10,15H,7-9H2,1-4H3. The second-order valence-electron chi connectivity index (χ2n) is 5.92. The molecule has 6 heteroatoms. The molecule has 1 aliphatic heterocycles. The summed E-state index contributed by atoms with van der Waals surface area (Å²) in [6.45, 7) is 7.74. The highest BCUT2D eigenvalue weighted by atomic mass is 16.6. The van der Waals surface area contributed by atoms with Crippen molar-refractivity contribution in [2.45, 2.75) is 39.0 Å². The minimum atomic E-state index is -0.428. The van der Waals surface area contributed by atoms with Gasteiger partial charge >= 0.3 is 6.09 Å². The number of imidazole rings is 1. The number of amides is 1. The summed E-state index contributed by atoms with van der Waals surface area (Å²) in [4.78, 5) is 17.7. The third kappa shape index (κ3) is 3.70. The Morgan fingerprint density at radius 1 is 1.53 bits per heavy atom. The van der Waals surface area contributed by atoms with E-state index in [9.17, 15) is 4.79 Å². The molecule has 6 nitrogen and oxygen atoms in total. The molecule has 0 saturated carbocycles. The number of carbonyl (C=O) groups is 1. The zero-order chi connectivity index (χ0) is 14.0. The fourth-order valence-electron chi connectivity index (χ4n) is 1.89. The molecule has 1 saturated heterocycles. The molecule has 0 spiro atoms. The van der Waals surface area contributed by atoms with Gasteiger partial charge in [0, 0.05) is 38.6 Å². The Balaban J connectivity index is 1.69. The number of nitrogens with zero attached hydrogens (tertiary/aromatic N) is 3. The lowest BCUT2D eigenvalue weighted by Gasteiger charge is -2.40. The van der Waals surface area contributed by atoms with Gasteiger partial charge in [-0.2, -0.15) is 0 Å². The molecule has 2 rings (SSSR count). The molecule has 0 radical (unpaired) electrons. The quantitative estimate of drug-likeness (QED) is 0.891. The van der Waals surface area contributed by atoms with Crippen LogP contribution in [0.3, 0.4) is 0 Å². The van der Waals surface area contributed by atoms with E-state index in [-0.39, 0.29) is 6.09 Å². The molecule has 2 heterocycles. The lowest BCUT2D eigenvalue weighted by Crippen LogP contribution is -2.60. The largest absolute Gasteiger partial charge is 0.444 e. The number of likely N-dealkylation sites (tertiary alicyclic amines) is 1. The Hall–Kier alpha value is -1.56. The van der Waals surface area contributed by atoms with Crippen LogP contribution >= 0.6 is 0 Å². The van der Waals surface area contributed by atoms with Crippen LogP contribution in [0.5, 0.6) is 0 Å². The van der Waals surface area contributed by atoms with Crippen molar-refractivity contribution < 1.29 is 9.53 Å². The predicted octanol–water partition coefficient (Wildman–Crippen LogP) is 1.13. The zero-order valence-corrected chi connectivity index (χ0v) is 12.0. The van der Waals surface area contributed by atoms with Gasteiger partial charge in [0.15, 0.2) is 0 Å². The topological polar surface area (TPSA) is 59.4 Å². The Morgan fingerprint density at radius 3 is 2.74 bits per heavy atom. The van der Waals surface area contributed by atoms with Gasteiger partial charge in [0.05, 0.1) is 6.54 Å². The number of carbonyl (C=O) groups excluding carboxylic acids is 1. The number of aryl methyl sites for hydroxylation is 1. The Kier molecular flexibility index (Phi) is 3.80. The minimum absolute atomic E-state index is 0.234. The molecule has 19 heavy (non-hydrogen) atoms. The molecule has 1 aliphatic rings. The molecule has 1 amide bonds. The van der Waals surface area contributed by atoms with Crippen LogP contribution in [0.2, 0.25) is 0 Å². The van der Waals surface area contributed by atoms with Crippen LogP contribution in [0.25, 0.3) is 0 Å². The van der Waals surface area contributed by atoms with Crippen molar-refractivity contribution in [2.75, 3.05) is 13.1 Å². The van der Waals surface area contributed by atoms with E-state index in [4.69, 9.17) is 4.74 Å². The maximum absolute atomic E-state index is 11.7. The lowest BCUT2D eigenvalue weighted by molar-refractivity contribution is 0.00511.